The van der Waals surface area contributed by atoms with Crippen LogP contribution in [0.4, 0.5) is 0 Å². The van der Waals surface area contributed by atoms with Gasteiger partial charge in [0.25, 0.3) is 0 Å². The smallest absolute Gasteiger partial charge is 0.122 e. The number of aliphatic hydroxyl groups is 1. The molecule has 140 valence electrons. The predicted octanol–water partition coefficient (Wildman–Crippen LogP) is 1.21. The van der Waals surface area contributed by atoms with Crippen LogP contribution < -0.4 is 0 Å². The Hall–Kier alpha value is -1.73. The van der Waals surface area contributed by atoms with Crippen LogP contribution >= 0.6 is 0 Å². The standard InChI is InChI=1S/C20H28N4O2/c1-22-10-8-21-19(22)16-23-9-7-20(25,17-5-3-2-4-6-17)18(15-23)24-11-13-26-14-12-24/h2-6,8,10,18,25H,7,9,11-16H2,1H3/t18-,20+/m1/s1. The number of piperidine rings is 1. The molecule has 0 unspecified atom stereocenters. The predicted molar refractivity (Wildman–Crippen MR) is 99.6 cm³/mol. The van der Waals surface area contributed by atoms with Gasteiger partial charge in [-0.15, -0.1) is 0 Å². The molecule has 4 rings (SSSR count). The molecule has 0 aliphatic carbocycles. The Bertz CT molecular complexity index is 714. The molecule has 2 fully saturated rings. The summed E-state index contributed by atoms with van der Waals surface area (Å²) in [6.45, 7) is 5.72. The molecule has 0 spiro atoms. The van der Waals surface area contributed by atoms with Crippen molar-refractivity contribution in [2.75, 3.05) is 39.4 Å². The van der Waals surface area contributed by atoms with Crippen molar-refractivity contribution in [1.82, 2.24) is 19.4 Å². The monoisotopic (exact) mass is 356 g/mol. The zero-order valence-electron chi connectivity index (χ0n) is 15.4. The fourth-order valence-electron chi connectivity index (χ4n) is 4.24. The lowest BCUT2D eigenvalue weighted by molar-refractivity contribution is -0.120. The number of rotatable bonds is 4. The molecular formula is C20H28N4O2. The first-order valence-corrected chi connectivity index (χ1v) is 9.45. The van der Waals surface area contributed by atoms with Crippen LogP contribution in [0.15, 0.2) is 42.7 Å². The van der Waals surface area contributed by atoms with Crippen molar-refractivity contribution in [1.29, 1.82) is 0 Å². The van der Waals surface area contributed by atoms with E-state index in [1.54, 1.807) is 0 Å². The van der Waals surface area contributed by atoms with Crippen molar-refractivity contribution in [3.8, 4) is 0 Å². The van der Waals surface area contributed by atoms with Crippen LogP contribution in [0.25, 0.3) is 0 Å². The molecule has 0 amide bonds. The topological polar surface area (TPSA) is 53.8 Å². The number of hydrogen-bond acceptors (Lipinski definition) is 5. The summed E-state index contributed by atoms with van der Waals surface area (Å²) in [6, 6.07) is 10.2. The van der Waals surface area contributed by atoms with Crippen LogP contribution in [0.2, 0.25) is 0 Å². The molecule has 3 heterocycles. The molecular weight excluding hydrogens is 328 g/mol. The maximum Gasteiger partial charge on any atom is 0.122 e. The largest absolute Gasteiger partial charge is 0.383 e. The van der Waals surface area contributed by atoms with Gasteiger partial charge in [0.1, 0.15) is 11.4 Å². The van der Waals surface area contributed by atoms with Crippen molar-refractivity contribution in [2.45, 2.75) is 24.6 Å². The third-order valence-electron chi connectivity index (χ3n) is 5.84. The zero-order chi connectivity index (χ0) is 18.0. The third kappa shape index (κ3) is 3.42. The van der Waals surface area contributed by atoms with Crippen LogP contribution in [-0.2, 0) is 23.9 Å². The summed E-state index contributed by atoms with van der Waals surface area (Å²) in [5, 5.41) is 11.7. The van der Waals surface area contributed by atoms with E-state index in [-0.39, 0.29) is 6.04 Å². The van der Waals surface area contributed by atoms with E-state index in [0.29, 0.717) is 0 Å². The van der Waals surface area contributed by atoms with Crippen LogP contribution in [-0.4, -0.2) is 69.9 Å². The molecule has 6 nitrogen and oxygen atoms in total. The molecule has 1 aromatic heterocycles. The fourth-order valence-corrected chi connectivity index (χ4v) is 4.24. The second-order valence-electron chi connectivity index (χ2n) is 7.39. The molecule has 1 N–H and O–H groups in total. The summed E-state index contributed by atoms with van der Waals surface area (Å²) in [6.07, 6.45) is 4.56. The summed E-state index contributed by atoms with van der Waals surface area (Å²) in [5.41, 5.74) is 0.199. The fraction of sp³-hybridized carbons (Fsp3) is 0.550. The number of nitrogens with zero attached hydrogens (tertiary/aromatic N) is 4. The van der Waals surface area contributed by atoms with Gasteiger partial charge in [-0.25, -0.2) is 4.98 Å². The Morgan fingerprint density at radius 1 is 1.19 bits per heavy atom. The van der Waals surface area contributed by atoms with Gasteiger partial charge in [0.15, 0.2) is 0 Å². The number of aryl methyl sites for hydroxylation is 1. The molecule has 2 aliphatic rings. The molecule has 2 saturated heterocycles. The van der Waals surface area contributed by atoms with Crippen LogP contribution in [0, 0.1) is 0 Å². The maximum absolute atomic E-state index is 11.7. The van der Waals surface area contributed by atoms with Gasteiger partial charge in [-0.2, -0.15) is 0 Å². The van der Waals surface area contributed by atoms with E-state index in [1.165, 1.54) is 0 Å². The molecule has 0 bridgehead atoms. The van der Waals surface area contributed by atoms with E-state index in [2.05, 4.69) is 31.5 Å². The summed E-state index contributed by atoms with van der Waals surface area (Å²) in [7, 11) is 2.03. The highest BCUT2D eigenvalue weighted by Crippen LogP contribution is 2.36. The molecule has 2 atom stereocenters. The summed E-state index contributed by atoms with van der Waals surface area (Å²) in [5.74, 6) is 1.07. The first-order valence-electron chi connectivity index (χ1n) is 9.45. The quantitative estimate of drug-likeness (QED) is 0.893. The minimum absolute atomic E-state index is 0.0582. The van der Waals surface area contributed by atoms with Gasteiger partial charge in [0, 0.05) is 45.6 Å². The minimum Gasteiger partial charge on any atom is -0.383 e. The molecule has 0 radical (unpaired) electrons. The number of benzene rings is 1. The van der Waals surface area contributed by atoms with Crippen LogP contribution in [0.1, 0.15) is 17.8 Å². The van der Waals surface area contributed by atoms with Gasteiger partial charge in [0.2, 0.25) is 0 Å². The van der Waals surface area contributed by atoms with Crippen molar-refractivity contribution >= 4 is 0 Å². The van der Waals surface area contributed by atoms with E-state index >= 15 is 0 Å². The number of ether oxygens (including phenoxy) is 1. The third-order valence-corrected chi connectivity index (χ3v) is 5.84. The highest BCUT2D eigenvalue weighted by molar-refractivity contribution is 5.26. The summed E-state index contributed by atoms with van der Waals surface area (Å²) < 4.78 is 7.61. The van der Waals surface area contributed by atoms with E-state index < -0.39 is 5.60 Å². The van der Waals surface area contributed by atoms with E-state index in [9.17, 15) is 5.11 Å². The number of likely N-dealkylation sites (tertiary alicyclic amines) is 1. The zero-order valence-corrected chi connectivity index (χ0v) is 15.4. The molecule has 2 aromatic rings. The normalized spacial score (nSPS) is 28.3. The van der Waals surface area contributed by atoms with E-state index in [4.69, 9.17) is 4.74 Å². The minimum atomic E-state index is -0.823. The van der Waals surface area contributed by atoms with Gasteiger partial charge < -0.3 is 14.4 Å². The highest BCUT2D eigenvalue weighted by atomic mass is 16.5. The number of morpholine rings is 1. The van der Waals surface area contributed by atoms with Crippen LogP contribution in [0.5, 0.6) is 0 Å². The Labute approximate surface area is 155 Å². The number of imidazole rings is 1. The Balaban J connectivity index is 1.58. The average molecular weight is 356 g/mol. The maximum atomic E-state index is 11.7. The Kier molecular flexibility index (Phi) is 5.09. The number of aromatic nitrogens is 2. The van der Waals surface area contributed by atoms with Gasteiger partial charge in [-0.3, -0.25) is 9.80 Å². The number of hydrogen-bond donors (Lipinski definition) is 1. The lowest BCUT2D eigenvalue weighted by Gasteiger charge is -2.50. The highest BCUT2D eigenvalue weighted by Gasteiger charge is 2.46. The molecule has 26 heavy (non-hydrogen) atoms. The van der Waals surface area contributed by atoms with Crippen molar-refractivity contribution < 1.29 is 9.84 Å². The Morgan fingerprint density at radius 3 is 2.65 bits per heavy atom. The van der Waals surface area contributed by atoms with Crippen LogP contribution in [0.3, 0.4) is 0 Å². The Morgan fingerprint density at radius 2 is 1.96 bits per heavy atom. The van der Waals surface area contributed by atoms with Gasteiger partial charge in [-0.1, -0.05) is 30.3 Å². The van der Waals surface area contributed by atoms with Crippen molar-refractivity contribution in [2.24, 2.45) is 7.05 Å². The lowest BCUT2D eigenvalue weighted by atomic mass is 9.79. The van der Waals surface area contributed by atoms with E-state index in [1.807, 2.05) is 37.6 Å². The molecule has 6 heteroatoms. The summed E-state index contributed by atoms with van der Waals surface area (Å²) >= 11 is 0. The van der Waals surface area contributed by atoms with Gasteiger partial charge in [0.05, 0.1) is 25.8 Å². The van der Waals surface area contributed by atoms with E-state index in [0.717, 1.165) is 63.7 Å². The van der Waals surface area contributed by atoms with Gasteiger partial charge in [-0.05, 0) is 12.0 Å². The average Bonchev–Trinajstić information content (AvgIpc) is 3.09. The molecule has 1 aromatic carbocycles. The SMILES string of the molecule is Cn1ccnc1CN1CC[C@](O)(c2ccccc2)[C@H](N2CCOCC2)C1. The summed E-state index contributed by atoms with van der Waals surface area (Å²) in [4.78, 5) is 9.29. The molecule has 2 aliphatic heterocycles. The second-order valence-corrected chi connectivity index (χ2v) is 7.39. The first-order chi connectivity index (χ1) is 12.7. The van der Waals surface area contributed by atoms with Crippen molar-refractivity contribution in [3.63, 3.8) is 0 Å². The molecule has 0 saturated carbocycles. The second kappa shape index (κ2) is 7.48. The first kappa shape index (κ1) is 17.7. The lowest BCUT2D eigenvalue weighted by Crippen LogP contribution is -2.62. The van der Waals surface area contributed by atoms with Crippen molar-refractivity contribution in [3.05, 3.63) is 54.1 Å². The van der Waals surface area contributed by atoms with Gasteiger partial charge >= 0.3 is 0 Å².